The van der Waals surface area contributed by atoms with Crippen molar-refractivity contribution in [2.75, 3.05) is 72.9 Å². The van der Waals surface area contributed by atoms with E-state index in [0.29, 0.717) is 61.4 Å². The number of fused-ring (bicyclic) bond motifs is 2. The van der Waals surface area contributed by atoms with Crippen molar-refractivity contribution >= 4 is 51.2 Å². The third-order valence-electron chi connectivity index (χ3n) is 12.4. The number of likely N-dealkylation sites (N-methyl/N-ethyl adjacent to an activating group) is 1. The smallest absolute Gasteiger partial charge is 0.253 e. The lowest BCUT2D eigenvalue weighted by Gasteiger charge is -2.43. The highest BCUT2D eigenvalue weighted by molar-refractivity contribution is 6.01. The number of carbonyl (C=O) groups is 2. The quantitative estimate of drug-likeness (QED) is 0.224. The topological polar surface area (TPSA) is 137 Å². The van der Waals surface area contributed by atoms with E-state index < -0.39 is 23.4 Å². The molecule has 1 unspecified atom stereocenters. The van der Waals surface area contributed by atoms with Crippen LogP contribution in [-0.4, -0.2) is 90.9 Å². The Morgan fingerprint density at radius 1 is 0.893 bits per heavy atom. The van der Waals surface area contributed by atoms with Gasteiger partial charge in [0.25, 0.3) is 5.56 Å². The molecule has 3 saturated heterocycles. The zero-order chi connectivity index (χ0) is 39.3. The van der Waals surface area contributed by atoms with Gasteiger partial charge in [0, 0.05) is 69.9 Å². The summed E-state index contributed by atoms with van der Waals surface area (Å²) in [5.74, 6) is -0.823. The molecule has 4 aromatic rings. The SMILES string of the molecule is Cc1cc2c(N3CCN(C)c4ccc(C#N)cc43)cc(C3CCN(CC4(O)CCN(c5ccc(NC6CCC(=O)NC6=O)cc5F)CC4)CC3)cc2n(C)c1=O. The lowest BCUT2D eigenvalue weighted by atomic mass is 9.86. The number of nitrogens with one attached hydrogen (secondary N) is 2. The average molecular weight is 761 g/mol. The van der Waals surface area contributed by atoms with Gasteiger partial charge in [0.2, 0.25) is 11.8 Å². The number of halogens is 1. The summed E-state index contributed by atoms with van der Waals surface area (Å²) in [5.41, 5.74) is 6.53. The maximum absolute atomic E-state index is 15.3. The molecule has 0 aliphatic carbocycles. The van der Waals surface area contributed by atoms with Crippen LogP contribution in [0.2, 0.25) is 0 Å². The molecule has 0 radical (unpaired) electrons. The summed E-state index contributed by atoms with van der Waals surface area (Å²) in [6, 6.07) is 18.9. The van der Waals surface area contributed by atoms with E-state index in [4.69, 9.17) is 0 Å². The van der Waals surface area contributed by atoms with Gasteiger partial charge >= 0.3 is 0 Å². The second-order valence-electron chi connectivity index (χ2n) is 16.1. The number of amides is 2. The highest BCUT2D eigenvalue weighted by Gasteiger charge is 2.36. The number of aliphatic hydroxyl groups is 1. The Morgan fingerprint density at radius 2 is 1.64 bits per heavy atom. The Kier molecular flexibility index (Phi) is 9.97. The summed E-state index contributed by atoms with van der Waals surface area (Å²) in [6.45, 7) is 6.68. The van der Waals surface area contributed by atoms with E-state index >= 15 is 4.39 Å². The molecule has 1 aromatic heterocycles. The van der Waals surface area contributed by atoms with E-state index in [1.165, 1.54) is 11.6 Å². The largest absolute Gasteiger partial charge is 0.388 e. The van der Waals surface area contributed by atoms with Crippen LogP contribution in [0.1, 0.15) is 61.1 Å². The second kappa shape index (κ2) is 14.9. The monoisotopic (exact) mass is 760 g/mol. The number of aryl methyl sites for hydroxylation is 2. The number of nitrogens with zero attached hydrogens (tertiary/aromatic N) is 6. The predicted molar refractivity (Wildman–Crippen MR) is 216 cm³/mol. The lowest BCUT2D eigenvalue weighted by molar-refractivity contribution is -0.133. The minimum atomic E-state index is -0.879. The zero-order valence-electron chi connectivity index (χ0n) is 32.3. The van der Waals surface area contributed by atoms with E-state index in [1.807, 2.05) is 43.1 Å². The molecule has 13 heteroatoms. The maximum Gasteiger partial charge on any atom is 0.253 e. The van der Waals surface area contributed by atoms with E-state index in [9.17, 15) is 24.8 Å². The summed E-state index contributed by atoms with van der Waals surface area (Å²) >= 11 is 0. The first-order valence-corrected chi connectivity index (χ1v) is 19.7. The normalized spacial score (nSPS) is 20.5. The van der Waals surface area contributed by atoms with Crippen LogP contribution in [-0.2, 0) is 16.6 Å². The van der Waals surface area contributed by atoms with Crippen LogP contribution in [0.25, 0.3) is 10.9 Å². The van der Waals surface area contributed by atoms with Crippen LogP contribution in [0.4, 0.5) is 32.8 Å². The van der Waals surface area contributed by atoms with Crippen molar-refractivity contribution in [1.29, 1.82) is 5.26 Å². The maximum atomic E-state index is 15.3. The van der Waals surface area contributed by atoms with Gasteiger partial charge in [-0.05, 0) is 118 Å². The molecule has 5 heterocycles. The van der Waals surface area contributed by atoms with E-state index in [1.54, 1.807) is 16.7 Å². The van der Waals surface area contributed by atoms with Gasteiger partial charge in [-0.1, -0.05) is 0 Å². The van der Waals surface area contributed by atoms with Crippen LogP contribution in [0.3, 0.4) is 0 Å². The zero-order valence-corrected chi connectivity index (χ0v) is 32.3. The number of hydrogen-bond donors (Lipinski definition) is 3. The fourth-order valence-corrected chi connectivity index (χ4v) is 9.10. The Balaban J connectivity index is 0.941. The fraction of sp³-hybridized carbons (Fsp3) is 0.442. The number of piperidine rings is 3. The van der Waals surface area contributed by atoms with E-state index in [-0.39, 0.29) is 23.8 Å². The first-order chi connectivity index (χ1) is 26.9. The van der Waals surface area contributed by atoms with Gasteiger partial charge < -0.3 is 34.6 Å². The van der Waals surface area contributed by atoms with Gasteiger partial charge in [0.15, 0.2) is 0 Å². The lowest BCUT2D eigenvalue weighted by Crippen LogP contribution is -2.52. The number of hydrogen-bond acceptors (Lipinski definition) is 10. The number of benzene rings is 3. The minimum Gasteiger partial charge on any atom is -0.388 e. The molecular weight excluding hydrogens is 712 g/mol. The van der Waals surface area contributed by atoms with Crippen LogP contribution in [0, 0.1) is 24.1 Å². The van der Waals surface area contributed by atoms with Crippen molar-refractivity contribution in [3.8, 4) is 6.07 Å². The summed E-state index contributed by atoms with van der Waals surface area (Å²) in [5, 5.41) is 27.8. The molecule has 4 aliphatic rings. The third-order valence-corrected chi connectivity index (χ3v) is 12.4. The fourth-order valence-electron chi connectivity index (χ4n) is 9.10. The summed E-state index contributed by atoms with van der Waals surface area (Å²) < 4.78 is 17.1. The Morgan fingerprint density at radius 3 is 2.36 bits per heavy atom. The number of rotatable bonds is 7. The standard InChI is InChI=1S/C43H49FN8O4/c1-27-20-32-37(49(3)42(27)55)22-30(23-38(32)52-19-18-48(2)36-7-4-28(25-45)21-39(36)52)29-10-14-50(15-11-29)26-43(56)12-16-51(17-13-43)35-8-5-31(24-33(35)44)46-34-6-9-40(53)47-41(34)54/h4-5,7-8,20-24,29,34,46,56H,6,9-19,26H2,1-3H3,(H,47,53,54). The minimum absolute atomic E-state index is 0.0122. The molecule has 8 rings (SSSR count). The van der Waals surface area contributed by atoms with Gasteiger partial charge in [-0.2, -0.15) is 5.26 Å². The number of imide groups is 1. The van der Waals surface area contributed by atoms with Gasteiger partial charge in [-0.25, -0.2) is 4.39 Å². The van der Waals surface area contributed by atoms with E-state index in [2.05, 4.69) is 50.6 Å². The molecule has 0 saturated carbocycles. The van der Waals surface area contributed by atoms with Crippen molar-refractivity contribution in [3.63, 3.8) is 0 Å². The predicted octanol–water partition coefficient (Wildman–Crippen LogP) is 4.87. The molecule has 3 aromatic carbocycles. The molecule has 3 N–H and O–H groups in total. The second-order valence-corrected chi connectivity index (χ2v) is 16.1. The summed E-state index contributed by atoms with van der Waals surface area (Å²) in [7, 11) is 3.92. The molecule has 1 atom stereocenters. The highest BCUT2D eigenvalue weighted by Crippen LogP contribution is 2.43. The number of β-amino-alcohol motifs (C(OH)–C–C–N with tert-alkyl or cyclic N) is 1. The van der Waals surface area contributed by atoms with Crippen LogP contribution >= 0.6 is 0 Å². The Hall–Kier alpha value is -5.45. The molecule has 0 bridgehead atoms. The van der Waals surface area contributed by atoms with Gasteiger partial charge in [0.1, 0.15) is 11.9 Å². The highest BCUT2D eigenvalue weighted by atomic mass is 19.1. The summed E-state index contributed by atoms with van der Waals surface area (Å²) in [4.78, 5) is 45.7. The first-order valence-electron chi connectivity index (χ1n) is 19.7. The Bertz CT molecular complexity index is 2300. The average Bonchev–Trinajstić information content (AvgIpc) is 3.19. The number of likely N-dealkylation sites (tertiary alicyclic amines) is 1. The molecule has 2 amide bonds. The Labute approximate surface area is 326 Å². The van der Waals surface area contributed by atoms with Crippen LogP contribution < -0.4 is 30.9 Å². The van der Waals surface area contributed by atoms with Gasteiger partial charge in [0.05, 0.1) is 45.5 Å². The number of nitriles is 1. The summed E-state index contributed by atoms with van der Waals surface area (Å²) in [6.07, 6.45) is 3.46. The van der Waals surface area contributed by atoms with Crippen molar-refractivity contribution in [1.82, 2.24) is 14.8 Å². The first kappa shape index (κ1) is 37.5. The van der Waals surface area contributed by atoms with Crippen molar-refractivity contribution in [3.05, 3.63) is 87.5 Å². The number of pyridine rings is 1. The van der Waals surface area contributed by atoms with Crippen molar-refractivity contribution in [2.24, 2.45) is 7.05 Å². The molecule has 4 aliphatic heterocycles. The molecular formula is C43H49FN8O4. The van der Waals surface area contributed by atoms with Crippen LogP contribution in [0.15, 0.2) is 59.4 Å². The number of carbonyl (C=O) groups excluding carboxylic acids is 2. The molecule has 3 fully saturated rings. The molecule has 12 nitrogen and oxygen atoms in total. The molecule has 0 spiro atoms. The number of anilines is 5. The number of aromatic nitrogens is 1. The third kappa shape index (κ3) is 7.19. The van der Waals surface area contributed by atoms with E-state index in [0.717, 1.165) is 67.0 Å². The molecule has 56 heavy (non-hydrogen) atoms. The van der Waals surface area contributed by atoms with Crippen molar-refractivity contribution in [2.45, 2.75) is 63.0 Å². The van der Waals surface area contributed by atoms with Gasteiger partial charge in [-0.15, -0.1) is 0 Å². The van der Waals surface area contributed by atoms with Crippen LogP contribution in [0.5, 0.6) is 0 Å². The van der Waals surface area contributed by atoms with Crippen molar-refractivity contribution < 1.29 is 19.1 Å². The van der Waals surface area contributed by atoms with Gasteiger partial charge in [-0.3, -0.25) is 19.7 Å². The molecule has 292 valence electrons.